The van der Waals surface area contributed by atoms with Crippen LogP contribution in [0.1, 0.15) is 104 Å². The number of thiophene rings is 3. The molecule has 0 amide bonds. The maximum absolute atomic E-state index is 11.7. The Morgan fingerprint density at radius 3 is 2.15 bits per heavy atom. The van der Waals surface area contributed by atoms with Crippen LogP contribution in [0.15, 0.2) is 60.4 Å². The van der Waals surface area contributed by atoms with Gasteiger partial charge in [-0.25, -0.2) is 0 Å². The van der Waals surface area contributed by atoms with Gasteiger partial charge in [0.1, 0.15) is 0 Å². The van der Waals surface area contributed by atoms with Crippen LogP contribution in [0.3, 0.4) is 0 Å². The number of carbonyl (C=O) groups excluding carboxylic acids is 1. The first kappa shape index (κ1) is 41.2. The summed E-state index contributed by atoms with van der Waals surface area (Å²) in [5, 5.41) is 25.9. The Labute approximate surface area is 340 Å². The van der Waals surface area contributed by atoms with Gasteiger partial charge in [0.15, 0.2) is 5.78 Å². The molecule has 4 aromatic heterocycles. The Kier molecular flexibility index (Phi) is 13.7. The normalized spacial score (nSPS) is 12.3. The van der Waals surface area contributed by atoms with Crippen molar-refractivity contribution in [3.05, 3.63) is 83.3 Å². The third-order valence-electron chi connectivity index (χ3n) is 10.3. The van der Waals surface area contributed by atoms with Crippen molar-refractivity contribution in [3.8, 4) is 11.3 Å². The zero-order chi connectivity index (χ0) is 37.3. The molecular formula is C45H51IrN2O2S3-. The third kappa shape index (κ3) is 8.18. The molecule has 1 N–H and O–H groups in total. The summed E-state index contributed by atoms with van der Waals surface area (Å²) in [6.07, 6.45) is 5.98. The molecule has 0 bridgehead atoms. The second-order valence-electron chi connectivity index (χ2n) is 14.7. The molecule has 0 aliphatic rings. The van der Waals surface area contributed by atoms with E-state index < -0.39 is 0 Å². The van der Waals surface area contributed by atoms with Crippen molar-refractivity contribution in [1.29, 1.82) is 0 Å². The van der Waals surface area contributed by atoms with Crippen LogP contribution >= 0.6 is 34.0 Å². The minimum Gasteiger partial charge on any atom is -0.512 e. The van der Waals surface area contributed by atoms with Gasteiger partial charge in [0.25, 0.3) is 0 Å². The van der Waals surface area contributed by atoms with Crippen LogP contribution in [0.25, 0.3) is 61.0 Å². The summed E-state index contributed by atoms with van der Waals surface area (Å²) >= 11 is 5.64. The van der Waals surface area contributed by atoms with Gasteiger partial charge in [-0.1, -0.05) is 97.2 Å². The number of aliphatic hydroxyl groups excluding tert-OH is 1. The number of fused-ring (bicyclic) bond motifs is 8. The van der Waals surface area contributed by atoms with Gasteiger partial charge in [0.05, 0.1) is 15.5 Å². The van der Waals surface area contributed by atoms with E-state index in [2.05, 4.69) is 94.3 Å². The van der Waals surface area contributed by atoms with Gasteiger partial charge in [0, 0.05) is 68.6 Å². The number of aliphatic hydroxyl groups is 1. The average molecular weight is 940 g/mol. The van der Waals surface area contributed by atoms with Crippen LogP contribution in [-0.4, -0.2) is 21.1 Å². The number of rotatable bonds is 11. The van der Waals surface area contributed by atoms with Crippen molar-refractivity contribution in [1.82, 2.24) is 10.2 Å². The van der Waals surface area contributed by atoms with Crippen molar-refractivity contribution >= 4 is 89.5 Å². The Morgan fingerprint density at radius 1 is 0.811 bits per heavy atom. The van der Waals surface area contributed by atoms with Crippen molar-refractivity contribution in [2.75, 3.05) is 0 Å². The molecule has 0 unspecified atom stereocenters. The summed E-state index contributed by atoms with van der Waals surface area (Å²) in [6.45, 7) is 19.3. The van der Waals surface area contributed by atoms with Gasteiger partial charge in [0.2, 0.25) is 0 Å². The summed E-state index contributed by atoms with van der Waals surface area (Å²) < 4.78 is 6.57. The van der Waals surface area contributed by atoms with Crippen LogP contribution < -0.4 is 0 Å². The molecule has 0 fully saturated rings. The maximum atomic E-state index is 11.7. The van der Waals surface area contributed by atoms with E-state index in [9.17, 15) is 9.90 Å². The fourth-order valence-corrected chi connectivity index (χ4v) is 11.4. The molecule has 0 atom stereocenters. The molecule has 0 saturated heterocycles. The fraction of sp³-hybridized carbons (Fsp3) is 0.400. The molecule has 3 aromatic carbocycles. The number of hydrogen-bond donors (Lipinski definition) is 1. The number of allylic oxidation sites excluding steroid dienone is 2. The summed E-state index contributed by atoms with van der Waals surface area (Å²) in [4.78, 5) is 11.7. The van der Waals surface area contributed by atoms with Crippen LogP contribution in [-0.2, 0) is 31.3 Å². The molecule has 4 heterocycles. The van der Waals surface area contributed by atoms with Crippen LogP contribution in [0.4, 0.5) is 0 Å². The van der Waals surface area contributed by atoms with E-state index in [1.54, 1.807) is 0 Å². The second-order valence-corrected chi connectivity index (χ2v) is 18.0. The van der Waals surface area contributed by atoms with E-state index >= 15 is 0 Å². The van der Waals surface area contributed by atoms with Crippen molar-refractivity contribution in [2.24, 2.45) is 17.8 Å². The van der Waals surface area contributed by atoms with Crippen molar-refractivity contribution in [3.63, 3.8) is 0 Å². The van der Waals surface area contributed by atoms with Crippen LogP contribution in [0, 0.1) is 30.7 Å². The average Bonchev–Trinajstić information content (AvgIpc) is 3.80. The van der Waals surface area contributed by atoms with E-state index in [1.165, 1.54) is 66.9 Å². The van der Waals surface area contributed by atoms with Crippen molar-refractivity contribution in [2.45, 2.75) is 100 Å². The predicted octanol–water partition coefficient (Wildman–Crippen LogP) is 14.4. The molecule has 8 heteroatoms. The second kappa shape index (κ2) is 17.6. The Morgan fingerprint density at radius 2 is 1.49 bits per heavy atom. The van der Waals surface area contributed by atoms with Gasteiger partial charge in [-0.05, 0) is 78.0 Å². The monoisotopic (exact) mass is 940 g/mol. The van der Waals surface area contributed by atoms with E-state index in [4.69, 9.17) is 5.10 Å². The number of aryl methyl sites for hydroxylation is 1. The number of ketones is 1. The molecular weight excluding hydrogens is 889 g/mol. The van der Waals surface area contributed by atoms with Crippen LogP contribution in [0.2, 0.25) is 0 Å². The summed E-state index contributed by atoms with van der Waals surface area (Å²) in [6, 6.07) is 21.7. The molecule has 4 nitrogen and oxygen atoms in total. The smallest absolute Gasteiger partial charge is 0.162 e. The first-order valence-electron chi connectivity index (χ1n) is 18.9. The quantitative estimate of drug-likeness (QED) is 0.0797. The third-order valence-corrected chi connectivity index (χ3v) is 14.0. The molecule has 0 saturated carbocycles. The Hall–Kier alpha value is -3.00. The minimum absolute atomic E-state index is 0. The molecule has 7 aromatic rings. The molecule has 0 aliphatic heterocycles. The van der Waals surface area contributed by atoms with Crippen molar-refractivity contribution < 1.29 is 30.0 Å². The molecule has 7 rings (SSSR count). The SMILES string of the molecule is CCC(CC)C(=O)/C=C(\O)C(CC)CC.Cc1nnc(-c2[c-]c3sc4sc5ccccc5c4c3c(C(C)C)c2)c2sc3c(CC(C)C)cccc3c12.[Ir]. The summed E-state index contributed by atoms with van der Waals surface area (Å²) in [7, 11) is 0. The van der Waals surface area contributed by atoms with Gasteiger partial charge in [-0.2, -0.15) is 10.2 Å². The molecule has 0 spiro atoms. The fourth-order valence-electron chi connectivity index (χ4n) is 7.40. The minimum atomic E-state index is 0. The first-order chi connectivity index (χ1) is 25.0. The molecule has 0 aliphatic carbocycles. The molecule has 1 radical (unpaired) electrons. The van der Waals surface area contributed by atoms with Gasteiger partial charge in [-0.15, -0.1) is 57.3 Å². The van der Waals surface area contributed by atoms with E-state index in [0.717, 1.165) is 49.1 Å². The largest absolute Gasteiger partial charge is 0.512 e. The number of nitrogens with zero attached hydrogens (tertiary/aromatic N) is 2. The maximum Gasteiger partial charge on any atom is 0.162 e. The number of carbonyl (C=O) groups is 1. The van der Waals surface area contributed by atoms with E-state index in [-0.39, 0.29) is 43.5 Å². The number of benzene rings is 3. The molecule has 281 valence electrons. The van der Waals surface area contributed by atoms with Gasteiger partial charge in [-0.3, -0.25) is 4.79 Å². The topological polar surface area (TPSA) is 63.1 Å². The number of hydrogen-bond acceptors (Lipinski definition) is 7. The Balaban J connectivity index is 0.000000290. The van der Waals surface area contributed by atoms with E-state index in [0.29, 0.717) is 11.8 Å². The van der Waals surface area contributed by atoms with E-state index in [1.807, 2.05) is 61.7 Å². The zero-order valence-electron chi connectivity index (χ0n) is 32.3. The predicted molar refractivity (Wildman–Crippen MR) is 229 cm³/mol. The van der Waals surface area contributed by atoms with Crippen LogP contribution in [0.5, 0.6) is 0 Å². The molecule has 53 heavy (non-hydrogen) atoms. The van der Waals surface area contributed by atoms with Gasteiger partial charge >= 0.3 is 0 Å². The number of aromatic nitrogens is 2. The summed E-state index contributed by atoms with van der Waals surface area (Å²) in [5.41, 5.74) is 5.81. The van der Waals surface area contributed by atoms with Gasteiger partial charge < -0.3 is 5.11 Å². The Bertz CT molecular complexity index is 2410. The first-order valence-corrected chi connectivity index (χ1v) is 21.4. The zero-order valence-corrected chi connectivity index (χ0v) is 37.2. The standard InChI is InChI=1S/C32H27N2S3.C13H24O2.Ir/c1-16(2)13-19-9-8-11-22-26-18(5)33-34-29(31(26)37-30(19)22)20-14-23(17(3)4)27-25(15-20)36-32-28(27)21-10-6-7-12-24(21)35-32;1-5-10(6-2)12(14)9-13(15)11(7-3)8-4;/h6-12,14,16-17H,13H2,1-5H3;9-11,14H,5-8H2,1-4H3;/q-1;;/b;12-9-;. The summed E-state index contributed by atoms with van der Waals surface area (Å²) in [5.74, 6) is 1.55.